The number of benzene rings is 1. The number of rotatable bonds is 6. The van der Waals surface area contributed by atoms with Crippen molar-refractivity contribution in [2.45, 2.75) is 12.8 Å². The van der Waals surface area contributed by atoms with Crippen molar-refractivity contribution in [3.63, 3.8) is 0 Å². The summed E-state index contributed by atoms with van der Waals surface area (Å²) < 4.78 is 1.48. The first-order valence-corrected chi connectivity index (χ1v) is 7.23. The second-order valence-electron chi connectivity index (χ2n) is 5.76. The maximum Gasteiger partial charge on any atom is 0.271 e. The summed E-state index contributed by atoms with van der Waals surface area (Å²) in [6, 6.07) is 7.48. The molecule has 3 rings (SSSR count). The fraction of sp³-hybridized carbons (Fsp3) is 0.333. The van der Waals surface area contributed by atoms with Gasteiger partial charge in [0.25, 0.3) is 11.6 Å². The van der Waals surface area contributed by atoms with Gasteiger partial charge in [0.2, 0.25) is 0 Å². The van der Waals surface area contributed by atoms with Gasteiger partial charge in [0.1, 0.15) is 0 Å². The summed E-state index contributed by atoms with van der Waals surface area (Å²) in [6.45, 7) is 0.511. The van der Waals surface area contributed by atoms with Crippen molar-refractivity contribution in [1.29, 1.82) is 0 Å². The zero-order chi connectivity index (χ0) is 16.4. The quantitative estimate of drug-likeness (QED) is 0.616. The minimum Gasteiger partial charge on any atom is -0.396 e. The number of hydrogen-bond donors (Lipinski definition) is 2. The van der Waals surface area contributed by atoms with Crippen LogP contribution in [0.4, 0.5) is 5.69 Å². The number of nitro benzene ring substituents is 1. The van der Waals surface area contributed by atoms with E-state index in [-0.39, 0.29) is 29.3 Å². The maximum absolute atomic E-state index is 12.1. The van der Waals surface area contributed by atoms with Crippen LogP contribution in [0.15, 0.2) is 36.5 Å². The molecule has 8 nitrogen and oxygen atoms in total. The molecule has 23 heavy (non-hydrogen) atoms. The summed E-state index contributed by atoms with van der Waals surface area (Å²) in [5.41, 5.74) is 0.731. The number of amides is 1. The molecule has 2 N–H and O–H groups in total. The molecule has 0 aliphatic heterocycles. The van der Waals surface area contributed by atoms with Crippen LogP contribution in [0.5, 0.6) is 0 Å². The van der Waals surface area contributed by atoms with E-state index in [1.807, 2.05) is 0 Å². The lowest BCUT2D eigenvalue weighted by atomic mass is 10.1. The van der Waals surface area contributed by atoms with Crippen LogP contribution in [0.2, 0.25) is 0 Å². The number of aliphatic hydroxyl groups excluding tert-OH is 1. The molecule has 1 amide bonds. The second kappa shape index (κ2) is 5.81. The first-order valence-electron chi connectivity index (χ1n) is 7.23. The molecule has 1 heterocycles. The Morgan fingerprint density at radius 1 is 1.35 bits per heavy atom. The van der Waals surface area contributed by atoms with E-state index < -0.39 is 4.92 Å². The van der Waals surface area contributed by atoms with Crippen LogP contribution in [0.3, 0.4) is 0 Å². The van der Waals surface area contributed by atoms with Gasteiger partial charge in [-0.2, -0.15) is 5.10 Å². The van der Waals surface area contributed by atoms with Gasteiger partial charge >= 0.3 is 0 Å². The van der Waals surface area contributed by atoms with Crippen molar-refractivity contribution in [2.75, 3.05) is 13.2 Å². The minimum atomic E-state index is -0.472. The van der Waals surface area contributed by atoms with E-state index in [0.29, 0.717) is 12.2 Å². The van der Waals surface area contributed by atoms with E-state index in [4.69, 9.17) is 0 Å². The monoisotopic (exact) mass is 316 g/mol. The molecule has 0 saturated heterocycles. The molecule has 1 fully saturated rings. The number of nitrogens with one attached hydrogen (secondary N) is 1. The fourth-order valence-electron chi connectivity index (χ4n) is 2.24. The zero-order valence-electron chi connectivity index (χ0n) is 12.3. The van der Waals surface area contributed by atoms with E-state index in [9.17, 15) is 20.0 Å². The number of hydrogen-bond acceptors (Lipinski definition) is 5. The molecule has 2 aromatic rings. The normalized spacial score (nSPS) is 15.2. The number of nitro groups is 1. The standard InChI is InChI=1S/C15H16N4O4/c20-10-15(6-7-15)9-16-14(21)13-5-8-18(17-13)11-1-3-12(4-2-11)19(22)23/h1-5,8,20H,6-7,9-10H2,(H,16,21). The molecule has 0 spiro atoms. The van der Waals surface area contributed by atoms with Crippen LogP contribution in [-0.2, 0) is 0 Å². The van der Waals surface area contributed by atoms with Crippen molar-refractivity contribution in [1.82, 2.24) is 15.1 Å². The Morgan fingerprint density at radius 2 is 2.04 bits per heavy atom. The Morgan fingerprint density at radius 3 is 2.61 bits per heavy atom. The molecule has 0 radical (unpaired) electrons. The molecule has 0 unspecified atom stereocenters. The third kappa shape index (κ3) is 3.21. The largest absolute Gasteiger partial charge is 0.396 e. The average Bonchev–Trinajstić information content (AvgIpc) is 3.18. The number of carbonyl (C=O) groups excluding carboxylic acids is 1. The Kier molecular flexibility index (Phi) is 3.83. The van der Waals surface area contributed by atoms with Gasteiger partial charge in [-0.3, -0.25) is 14.9 Å². The Labute approximate surface area is 131 Å². The number of aliphatic hydroxyl groups is 1. The topological polar surface area (TPSA) is 110 Å². The van der Waals surface area contributed by atoms with Gasteiger partial charge in [-0.25, -0.2) is 4.68 Å². The molecular formula is C15H16N4O4. The zero-order valence-corrected chi connectivity index (χ0v) is 12.3. The van der Waals surface area contributed by atoms with Crippen molar-refractivity contribution < 1.29 is 14.8 Å². The van der Waals surface area contributed by atoms with Gasteiger partial charge in [-0.15, -0.1) is 0 Å². The first kappa shape index (κ1) is 15.2. The highest BCUT2D eigenvalue weighted by molar-refractivity contribution is 5.92. The predicted octanol–water partition coefficient (Wildman–Crippen LogP) is 1.28. The lowest BCUT2D eigenvalue weighted by molar-refractivity contribution is -0.384. The van der Waals surface area contributed by atoms with Crippen LogP contribution >= 0.6 is 0 Å². The second-order valence-corrected chi connectivity index (χ2v) is 5.76. The molecular weight excluding hydrogens is 300 g/mol. The van der Waals surface area contributed by atoms with Crippen molar-refractivity contribution in [2.24, 2.45) is 5.41 Å². The predicted molar refractivity (Wildman–Crippen MR) is 81.3 cm³/mol. The van der Waals surface area contributed by atoms with E-state index >= 15 is 0 Å². The smallest absolute Gasteiger partial charge is 0.271 e. The molecule has 8 heteroatoms. The molecule has 1 aromatic heterocycles. The van der Waals surface area contributed by atoms with Crippen LogP contribution in [0.25, 0.3) is 5.69 Å². The minimum absolute atomic E-state index is 0.00222. The molecule has 0 atom stereocenters. The SMILES string of the molecule is O=C(NCC1(CO)CC1)c1ccn(-c2ccc([N+](=O)[O-])cc2)n1. The highest BCUT2D eigenvalue weighted by Crippen LogP contribution is 2.44. The molecule has 1 saturated carbocycles. The van der Waals surface area contributed by atoms with Crippen LogP contribution < -0.4 is 5.32 Å². The molecule has 120 valence electrons. The van der Waals surface area contributed by atoms with Crippen LogP contribution in [0, 0.1) is 15.5 Å². The van der Waals surface area contributed by atoms with Gasteiger partial charge < -0.3 is 10.4 Å². The van der Waals surface area contributed by atoms with Crippen LogP contribution in [0.1, 0.15) is 23.3 Å². The summed E-state index contributed by atoms with van der Waals surface area (Å²) in [4.78, 5) is 22.2. The number of nitrogens with zero attached hydrogens (tertiary/aromatic N) is 3. The summed E-state index contributed by atoms with van der Waals surface area (Å²) in [7, 11) is 0. The van der Waals surface area contributed by atoms with Gasteiger partial charge in [-0.1, -0.05) is 0 Å². The molecule has 1 aliphatic rings. The van der Waals surface area contributed by atoms with Gasteiger partial charge in [0.05, 0.1) is 17.2 Å². The third-order valence-electron chi connectivity index (χ3n) is 4.06. The molecule has 1 aliphatic carbocycles. The van der Waals surface area contributed by atoms with Crippen molar-refractivity contribution in [3.8, 4) is 5.69 Å². The lowest BCUT2D eigenvalue weighted by Gasteiger charge is -2.11. The summed E-state index contributed by atoms with van der Waals surface area (Å²) in [6.07, 6.45) is 3.46. The van der Waals surface area contributed by atoms with Crippen molar-refractivity contribution >= 4 is 11.6 Å². The van der Waals surface area contributed by atoms with Crippen molar-refractivity contribution in [3.05, 3.63) is 52.3 Å². The Hall–Kier alpha value is -2.74. The highest BCUT2D eigenvalue weighted by atomic mass is 16.6. The Bertz CT molecular complexity index is 734. The average molecular weight is 316 g/mol. The third-order valence-corrected chi connectivity index (χ3v) is 4.06. The maximum atomic E-state index is 12.1. The molecule has 0 bridgehead atoms. The van der Waals surface area contributed by atoms with E-state index in [1.165, 1.54) is 16.8 Å². The van der Waals surface area contributed by atoms with Gasteiger partial charge in [0.15, 0.2) is 5.69 Å². The summed E-state index contributed by atoms with van der Waals surface area (Å²) in [5, 5.41) is 26.8. The van der Waals surface area contributed by atoms with E-state index in [2.05, 4.69) is 10.4 Å². The van der Waals surface area contributed by atoms with Crippen LogP contribution in [-0.4, -0.2) is 38.9 Å². The fourth-order valence-corrected chi connectivity index (χ4v) is 2.24. The first-order chi connectivity index (χ1) is 11.0. The summed E-state index contributed by atoms with van der Waals surface area (Å²) >= 11 is 0. The number of carbonyl (C=O) groups is 1. The van der Waals surface area contributed by atoms with Gasteiger partial charge in [-0.05, 0) is 31.0 Å². The van der Waals surface area contributed by atoms with E-state index in [1.54, 1.807) is 24.4 Å². The number of non-ortho nitro benzene ring substituents is 1. The summed E-state index contributed by atoms with van der Waals surface area (Å²) in [5.74, 6) is -0.301. The lowest BCUT2D eigenvalue weighted by Crippen LogP contribution is -2.32. The van der Waals surface area contributed by atoms with Gasteiger partial charge in [0, 0.05) is 30.3 Å². The Balaban J connectivity index is 1.67. The highest BCUT2D eigenvalue weighted by Gasteiger charge is 2.42. The molecule has 1 aromatic carbocycles. The van der Waals surface area contributed by atoms with E-state index in [0.717, 1.165) is 12.8 Å². The number of aromatic nitrogens is 2.